The van der Waals surface area contributed by atoms with Crippen LogP contribution in [0.1, 0.15) is 39.9 Å². The van der Waals surface area contributed by atoms with Gasteiger partial charge in [0.25, 0.3) is 5.91 Å². The highest BCUT2D eigenvalue weighted by Gasteiger charge is 2.42. The van der Waals surface area contributed by atoms with Crippen LogP contribution in [0.4, 0.5) is 0 Å². The minimum absolute atomic E-state index is 0. The van der Waals surface area contributed by atoms with Gasteiger partial charge in [0.1, 0.15) is 0 Å². The molecule has 2 N–H and O–H groups in total. The lowest BCUT2D eigenvalue weighted by atomic mass is 9.81. The Kier molecular flexibility index (Phi) is 4.91. The molecule has 0 unspecified atom stereocenters. The monoisotopic (exact) mass is 310 g/mol. The van der Waals surface area contributed by atoms with Crippen LogP contribution in [0.15, 0.2) is 12.1 Å². The fourth-order valence-electron chi connectivity index (χ4n) is 3.66. The number of benzene rings is 1. The van der Waals surface area contributed by atoms with Gasteiger partial charge in [0, 0.05) is 31.1 Å². The molecule has 1 aromatic carbocycles. The van der Waals surface area contributed by atoms with Crippen molar-refractivity contribution >= 4 is 18.3 Å². The number of nitrogens with zero attached hydrogens (tertiary/aromatic N) is 1. The van der Waals surface area contributed by atoms with E-state index >= 15 is 0 Å². The third-order valence-corrected chi connectivity index (χ3v) is 4.63. The molecule has 2 heterocycles. The molecule has 1 aromatic rings. The Balaban J connectivity index is 0.00000161. The molecule has 2 aliphatic rings. The normalized spacial score (nSPS) is 23.6. The number of aryl methyl sites for hydroxylation is 2. The summed E-state index contributed by atoms with van der Waals surface area (Å²) in [5.74, 6) is 0.443. The summed E-state index contributed by atoms with van der Waals surface area (Å²) in [6, 6.07) is 4.52. The van der Waals surface area contributed by atoms with Crippen LogP contribution < -0.4 is 5.32 Å². The van der Waals surface area contributed by atoms with E-state index < -0.39 is 0 Å². The first-order valence-electron chi connectivity index (χ1n) is 7.43. The average Bonchev–Trinajstić information content (AvgIpc) is 2.92. The minimum atomic E-state index is 0. The van der Waals surface area contributed by atoms with Gasteiger partial charge in [-0.15, -0.1) is 12.4 Å². The van der Waals surface area contributed by atoms with Crippen LogP contribution in [0.2, 0.25) is 0 Å². The molecular weight excluding hydrogens is 288 g/mol. The molecule has 1 amide bonds. The molecule has 0 saturated carbocycles. The van der Waals surface area contributed by atoms with Crippen molar-refractivity contribution in [1.82, 2.24) is 10.2 Å². The third-order valence-electron chi connectivity index (χ3n) is 4.63. The Morgan fingerprint density at radius 3 is 2.81 bits per heavy atom. The first kappa shape index (κ1) is 16.3. The van der Waals surface area contributed by atoms with E-state index in [-0.39, 0.29) is 31.0 Å². The van der Waals surface area contributed by atoms with E-state index in [0.717, 1.165) is 30.6 Å². The Morgan fingerprint density at radius 2 is 2.14 bits per heavy atom. The Bertz CT molecular complexity index is 547. The lowest BCUT2D eigenvalue weighted by molar-refractivity contribution is 0.0602. The van der Waals surface area contributed by atoms with Crippen molar-refractivity contribution in [3.05, 3.63) is 34.4 Å². The number of rotatable bonds is 3. The van der Waals surface area contributed by atoms with Crippen LogP contribution >= 0.6 is 12.4 Å². The second-order valence-electron chi connectivity index (χ2n) is 5.78. The van der Waals surface area contributed by atoms with Gasteiger partial charge in [0.15, 0.2) is 0 Å². The van der Waals surface area contributed by atoms with Crippen LogP contribution in [0.5, 0.6) is 0 Å². The molecule has 0 aromatic heterocycles. The highest BCUT2D eigenvalue weighted by molar-refractivity contribution is 5.99. The summed E-state index contributed by atoms with van der Waals surface area (Å²) in [6.07, 6.45) is 0.994. The molecule has 0 spiro atoms. The van der Waals surface area contributed by atoms with Crippen molar-refractivity contribution in [2.75, 3.05) is 26.2 Å². The van der Waals surface area contributed by atoms with Gasteiger partial charge in [-0.3, -0.25) is 4.79 Å². The third kappa shape index (κ3) is 2.56. The van der Waals surface area contributed by atoms with Crippen LogP contribution in [-0.2, 0) is 6.42 Å². The van der Waals surface area contributed by atoms with Crippen LogP contribution in [-0.4, -0.2) is 48.2 Å². The van der Waals surface area contributed by atoms with Gasteiger partial charge >= 0.3 is 0 Å². The van der Waals surface area contributed by atoms with Crippen molar-refractivity contribution in [3.8, 4) is 0 Å². The summed E-state index contributed by atoms with van der Waals surface area (Å²) in [6.45, 7) is 6.36. The molecule has 1 fully saturated rings. The zero-order valence-corrected chi connectivity index (χ0v) is 13.4. The summed E-state index contributed by atoms with van der Waals surface area (Å²) in [5, 5.41) is 12.6. The fourth-order valence-corrected chi connectivity index (χ4v) is 3.66. The predicted molar refractivity (Wildman–Crippen MR) is 85.3 cm³/mol. The SMILES string of the molecule is CCc1cc(C)c2c(c1)[C@H]1CNC[C@@H]1N(CCO)C2=O.Cl. The topological polar surface area (TPSA) is 52.6 Å². The zero-order chi connectivity index (χ0) is 14.3. The molecule has 2 atom stereocenters. The summed E-state index contributed by atoms with van der Waals surface area (Å²) >= 11 is 0. The fraction of sp³-hybridized carbons (Fsp3) is 0.562. The molecule has 3 rings (SSSR count). The Hall–Kier alpha value is -1.10. The minimum Gasteiger partial charge on any atom is -0.395 e. The molecule has 1 saturated heterocycles. The van der Waals surface area contributed by atoms with Gasteiger partial charge in [0.05, 0.1) is 12.6 Å². The first-order chi connectivity index (χ1) is 9.67. The molecule has 0 bridgehead atoms. The average molecular weight is 311 g/mol. The highest BCUT2D eigenvalue weighted by Crippen LogP contribution is 2.37. The number of hydrogen-bond donors (Lipinski definition) is 2. The first-order valence-corrected chi connectivity index (χ1v) is 7.43. The van der Waals surface area contributed by atoms with Crippen molar-refractivity contribution < 1.29 is 9.90 Å². The van der Waals surface area contributed by atoms with Crippen molar-refractivity contribution in [1.29, 1.82) is 0 Å². The van der Waals surface area contributed by atoms with E-state index in [9.17, 15) is 9.90 Å². The summed E-state index contributed by atoms with van der Waals surface area (Å²) in [4.78, 5) is 14.6. The standard InChI is InChI=1S/C16H22N2O2.ClH/c1-3-11-6-10(2)15-12(7-11)13-8-17-9-14(13)18(4-5-19)16(15)20;/h6-7,13-14,17,19H,3-5,8-9H2,1-2H3;1H/t13-,14+;/m1./s1. The Morgan fingerprint density at radius 1 is 1.38 bits per heavy atom. The number of β-amino-alcohol motifs (C(OH)–C–C–N with tert-alkyl or cyclic N) is 1. The van der Waals surface area contributed by atoms with Crippen molar-refractivity contribution in [2.24, 2.45) is 0 Å². The molecule has 0 radical (unpaired) electrons. The van der Waals surface area contributed by atoms with E-state index in [1.165, 1.54) is 11.1 Å². The zero-order valence-electron chi connectivity index (χ0n) is 12.6. The van der Waals surface area contributed by atoms with E-state index in [1.807, 2.05) is 11.8 Å². The number of carbonyl (C=O) groups is 1. The van der Waals surface area contributed by atoms with Gasteiger partial charge in [0.2, 0.25) is 0 Å². The van der Waals surface area contributed by atoms with E-state index in [2.05, 4.69) is 24.4 Å². The summed E-state index contributed by atoms with van der Waals surface area (Å²) < 4.78 is 0. The number of aliphatic hydroxyl groups excluding tert-OH is 1. The molecule has 5 heteroatoms. The molecule has 21 heavy (non-hydrogen) atoms. The van der Waals surface area contributed by atoms with Gasteiger partial charge in [-0.05, 0) is 30.0 Å². The second kappa shape index (κ2) is 6.34. The molecule has 0 aliphatic carbocycles. The smallest absolute Gasteiger partial charge is 0.254 e. The molecule has 116 valence electrons. The number of fused-ring (bicyclic) bond motifs is 3. The lowest BCUT2D eigenvalue weighted by Crippen LogP contribution is -2.49. The van der Waals surface area contributed by atoms with Crippen LogP contribution in [0.25, 0.3) is 0 Å². The van der Waals surface area contributed by atoms with Gasteiger partial charge in [-0.25, -0.2) is 0 Å². The molecular formula is C16H23ClN2O2. The maximum Gasteiger partial charge on any atom is 0.254 e. The largest absolute Gasteiger partial charge is 0.395 e. The van der Waals surface area contributed by atoms with Gasteiger partial charge in [-0.2, -0.15) is 0 Å². The number of amides is 1. The quantitative estimate of drug-likeness (QED) is 0.889. The number of carbonyl (C=O) groups excluding carboxylic acids is 1. The van der Waals surface area contributed by atoms with Crippen molar-refractivity contribution in [2.45, 2.75) is 32.2 Å². The summed E-state index contributed by atoms with van der Waals surface area (Å²) in [7, 11) is 0. The number of aliphatic hydroxyl groups is 1. The number of hydrogen-bond acceptors (Lipinski definition) is 3. The van der Waals surface area contributed by atoms with E-state index in [4.69, 9.17) is 0 Å². The maximum absolute atomic E-state index is 12.8. The lowest BCUT2D eigenvalue weighted by Gasteiger charge is -2.38. The maximum atomic E-state index is 12.8. The van der Waals surface area contributed by atoms with E-state index in [0.29, 0.717) is 12.5 Å². The summed E-state index contributed by atoms with van der Waals surface area (Å²) in [5.41, 5.74) is 4.43. The van der Waals surface area contributed by atoms with Gasteiger partial charge in [-0.1, -0.05) is 19.1 Å². The molecule has 2 aliphatic heterocycles. The molecule has 4 nitrogen and oxygen atoms in total. The van der Waals surface area contributed by atoms with E-state index in [1.54, 1.807) is 0 Å². The Labute approximate surface area is 131 Å². The predicted octanol–water partition coefficient (Wildman–Crippen LogP) is 1.48. The number of halogens is 1. The number of nitrogens with one attached hydrogen (secondary N) is 1. The highest BCUT2D eigenvalue weighted by atomic mass is 35.5. The van der Waals surface area contributed by atoms with Crippen molar-refractivity contribution in [3.63, 3.8) is 0 Å². The second-order valence-corrected chi connectivity index (χ2v) is 5.78. The van der Waals surface area contributed by atoms with Gasteiger partial charge < -0.3 is 15.3 Å². The van der Waals surface area contributed by atoms with Crippen LogP contribution in [0.3, 0.4) is 0 Å². The van der Waals surface area contributed by atoms with Crippen LogP contribution in [0, 0.1) is 6.92 Å².